The Balaban J connectivity index is 0.000000102. The van der Waals surface area contributed by atoms with E-state index in [0.717, 1.165) is 155 Å². The van der Waals surface area contributed by atoms with E-state index in [1.54, 1.807) is 0 Å². The molecule has 0 aliphatic rings. The van der Waals surface area contributed by atoms with Crippen molar-refractivity contribution in [2.45, 2.75) is 0 Å². The SMILES string of the molecule is c1ccc(-n2c3ccccc3c3ccc(-c4nc(-c5ccc(-n6c7ccc8ccccc8c7c7c8ccccc8ccc76)cc5)nc5ccccc45)cc32)cc1.c1ccc2c(c1)ccc1c2c2c3ccccc3ccc2n1-c1nc(-c2ccc3oc4ccccc4c3c2)c2ccccc2n1.c1ccc2c(c1)ccc1c2c2c3ccccc3ccc2n1-c1nc(-c2cccc3c2oc2ccccc23)c2ccccc2n1. The van der Waals surface area contributed by atoms with E-state index in [2.05, 4.69) is 449 Å². The molecule has 0 bridgehead atoms. The van der Waals surface area contributed by atoms with Crippen molar-refractivity contribution < 1.29 is 8.83 Å². The smallest absolute Gasteiger partial charge is 0.235 e. The molecule has 0 spiro atoms. The van der Waals surface area contributed by atoms with E-state index in [4.69, 9.17) is 38.7 Å². The highest BCUT2D eigenvalue weighted by Gasteiger charge is 2.28. The molecule has 9 aromatic heterocycles. The number of benzene rings is 23. The van der Waals surface area contributed by atoms with Crippen molar-refractivity contribution in [3.05, 3.63) is 473 Å². The Labute approximate surface area is 821 Å². The highest BCUT2D eigenvalue weighted by atomic mass is 16.3. The van der Waals surface area contributed by atoms with Gasteiger partial charge in [0.15, 0.2) is 5.82 Å². The molecule has 0 saturated heterocycles. The normalized spacial score (nSPS) is 12.0. The molecule has 0 radical (unpaired) electrons. The standard InChI is InChI=1S/C52H32N4.2C40H23N3O/c1-2-14-37(15-3-1)55-45-21-11-9-18-41(45)42-29-24-36(32-48(42)55)51-43-19-8-10-20-44(43)53-52(54-51)35-22-27-38(28-23-35)56-46-30-25-33-12-4-6-16-39(33)49(46)50-40-17-7-5-13-34(40)26-31-47(50)56;1-3-12-26-24(10-1)20-22-33-36(26)37-27-13-4-2-11-25(27)21-23-34(37)43(33)40-41-32-18-7-5-15-30(32)38(42-40)31-17-9-16-29-28-14-6-8-19-35(28)44-39(29)31;1-3-11-27-24(9-1)17-20-33-37(27)38-28-12-4-2-10-25(28)18-21-34(38)43(33)40-41-32-15-7-5-14-30(32)39(42-40)26-19-22-36-31(23-26)29-13-6-8-16-35(29)44-36/h1-32H;2*1-23H. The van der Waals surface area contributed by atoms with Gasteiger partial charge in [0.2, 0.25) is 11.9 Å². The van der Waals surface area contributed by atoms with Crippen LogP contribution in [0, 0.1) is 0 Å². The number of para-hydroxylation sites is 8. The van der Waals surface area contributed by atoms with Gasteiger partial charge in [-0.1, -0.05) is 334 Å². The van der Waals surface area contributed by atoms with E-state index < -0.39 is 0 Å². The van der Waals surface area contributed by atoms with Gasteiger partial charge in [0.25, 0.3) is 0 Å². The lowest BCUT2D eigenvalue weighted by Crippen LogP contribution is -2.03. The molecule has 0 unspecified atom stereocenters. The Kier molecular flexibility index (Phi) is 17.9. The second kappa shape index (κ2) is 32.0. The number of nitrogens with zero attached hydrogens (tertiary/aromatic N) is 10. The molecule has 0 atom stereocenters. The van der Waals surface area contributed by atoms with Crippen LogP contribution in [0.2, 0.25) is 0 Å². The number of hydrogen-bond acceptors (Lipinski definition) is 8. The summed E-state index contributed by atoms with van der Waals surface area (Å²) in [5.74, 6) is 1.99. The number of hydrogen-bond donors (Lipinski definition) is 0. The van der Waals surface area contributed by atoms with Gasteiger partial charge in [-0.3, -0.25) is 9.13 Å². The van der Waals surface area contributed by atoms with Crippen molar-refractivity contribution in [1.82, 2.24) is 48.2 Å². The summed E-state index contributed by atoms with van der Waals surface area (Å²) in [6, 6.07) is 167. The van der Waals surface area contributed by atoms with E-state index in [-0.39, 0.29) is 0 Å². The van der Waals surface area contributed by atoms with Crippen LogP contribution in [0.1, 0.15) is 0 Å². The topological polar surface area (TPSA) is 123 Å². The van der Waals surface area contributed by atoms with Crippen molar-refractivity contribution in [2.24, 2.45) is 0 Å². The predicted octanol–water partition coefficient (Wildman–Crippen LogP) is 34.7. The van der Waals surface area contributed by atoms with Crippen LogP contribution in [0.25, 0.3) is 297 Å². The minimum atomic E-state index is 0.636. The van der Waals surface area contributed by atoms with Crippen LogP contribution < -0.4 is 0 Å². The molecule has 32 rings (SSSR count). The molecule has 12 heteroatoms. The largest absolute Gasteiger partial charge is 0.456 e. The first kappa shape index (κ1) is 80.5. The van der Waals surface area contributed by atoms with Crippen molar-refractivity contribution in [3.63, 3.8) is 0 Å². The van der Waals surface area contributed by atoms with Gasteiger partial charge in [0, 0.05) is 114 Å². The van der Waals surface area contributed by atoms with Crippen molar-refractivity contribution >= 4 is 228 Å². The fraction of sp³-hybridized carbons (Fsp3) is 0. The maximum atomic E-state index is 6.49. The Morgan fingerprint density at radius 3 is 0.993 bits per heavy atom. The molecule has 12 nitrogen and oxygen atoms in total. The van der Waals surface area contributed by atoms with Gasteiger partial charge in [-0.15, -0.1) is 0 Å². The van der Waals surface area contributed by atoms with Gasteiger partial charge in [-0.2, -0.15) is 0 Å². The van der Waals surface area contributed by atoms with Gasteiger partial charge in [-0.05, 0) is 204 Å². The summed E-state index contributed by atoms with van der Waals surface area (Å²) in [6.45, 7) is 0. The Hall–Kier alpha value is -19.6. The van der Waals surface area contributed by atoms with Crippen LogP contribution in [-0.2, 0) is 0 Å². The van der Waals surface area contributed by atoms with Crippen LogP contribution in [-0.4, -0.2) is 48.2 Å². The molecule has 0 aliphatic carbocycles. The van der Waals surface area contributed by atoms with Crippen LogP contribution in [0.4, 0.5) is 0 Å². The monoisotopic (exact) mass is 1830 g/mol. The number of rotatable bonds is 8. The van der Waals surface area contributed by atoms with Gasteiger partial charge in [0.1, 0.15) is 22.3 Å². The summed E-state index contributed by atoms with van der Waals surface area (Å²) in [7, 11) is 0. The van der Waals surface area contributed by atoms with Crippen LogP contribution >= 0.6 is 0 Å². The molecule has 668 valence electrons. The quantitative estimate of drug-likeness (QED) is 0.147. The molecule has 0 N–H and O–H groups in total. The average molecular weight is 1840 g/mol. The van der Waals surface area contributed by atoms with E-state index in [9.17, 15) is 0 Å². The molecule has 144 heavy (non-hydrogen) atoms. The zero-order valence-electron chi connectivity index (χ0n) is 77.3. The van der Waals surface area contributed by atoms with Crippen LogP contribution in [0.3, 0.4) is 0 Å². The fourth-order valence-corrected chi connectivity index (χ4v) is 23.1. The molecule has 9 heterocycles. The third-order valence-electron chi connectivity index (χ3n) is 29.5. The van der Waals surface area contributed by atoms with E-state index in [1.165, 1.54) is 124 Å². The van der Waals surface area contributed by atoms with E-state index in [1.807, 2.05) is 42.5 Å². The molecule has 0 fully saturated rings. The minimum Gasteiger partial charge on any atom is -0.456 e. The van der Waals surface area contributed by atoms with Gasteiger partial charge in [-0.25, -0.2) is 29.9 Å². The first-order chi connectivity index (χ1) is 71.4. The molecular weight excluding hydrogens is 1760 g/mol. The zero-order valence-corrected chi connectivity index (χ0v) is 77.3. The van der Waals surface area contributed by atoms with Crippen molar-refractivity contribution in [1.29, 1.82) is 0 Å². The van der Waals surface area contributed by atoms with E-state index >= 15 is 0 Å². The minimum absolute atomic E-state index is 0.636. The maximum absolute atomic E-state index is 6.49. The Bertz CT molecular complexity index is 10800. The van der Waals surface area contributed by atoms with E-state index in [0.29, 0.717) is 17.7 Å². The summed E-state index contributed by atoms with van der Waals surface area (Å²) in [5.41, 5.74) is 24.1. The second-order valence-electron chi connectivity index (χ2n) is 37.3. The molecule has 0 aliphatic heterocycles. The van der Waals surface area contributed by atoms with Crippen LogP contribution in [0.15, 0.2) is 482 Å². The zero-order chi connectivity index (χ0) is 94.3. The maximum Gasteiger partial charge on any atom is 0.235 e. The van der Waals surface area contributed by atoms with Crippen molar-refractivity contribution in [2.75, 3.05) is 0 Å². The Morgan fingerprint density at radius 2 is 0.500 bits per heavy atom. The van der Waals surface area contributed by atoms with Gasteiger partial charge in [0.05, 0.1) is 77.8 Å². The molecular formula is C132H78N10O2. The highest BCUT2D eigenvalue weighted by Crippen LogP contribution is 2.49. The van der Waals surface area contributed by atoms with Gasteiger partial charge >= 0.3 is 0 Å². The average Bonchev–Trinajstić information content (AvgIpc) is 1.56. The lowest BCUT2D eigenvalue weighted by molar-refractivity contribution is 0.669. The molecule has 23 aromatic carbocycles. The molecule has 0 amide bonds. The number of aromatic nitrogens is 10. The third-order valence-corrected chi connectivity index (χ3v) is 29.5. The predicted molar refractivity (Wildman–Crippen MR) is 597 cm³/mol. The lowest BCUT2D eigenvalue weighted by Gasteiger charge is -2.12. The molecule has 0 saturated carbocycles. The molecule has 32 aromatic rings. The Morgan fingerprint density at radius 1 is 0.167 bits per heavy atom. The lowest BCUT2D eigenvalue weighted by atomic mass is 10.00. The summed E-state index contributed by atoms with van der Waals surface area (Å²) < 4.78 is 21.9. The number of fused-ring (bicyclic) bond motifs is 33. The fourth-order valence-electron chi connectivity index (χ4n) is 23.1. The van der Waals surface area contributed by atoms with Crippen LogP contribution in [0.5, 0.6) is 0 Å². The first-order valence-electron chi connectivity index (χ1n) is 48.8. The number of furan rings is 2. The van der Waals surface area contributed by atoms with Gasteiger partial charge < -0.3 is 18.0 Å². The second-order valence-corrected chi connectivity index (χ2v) is 37.3. The summed E-state index contributed by atoms with van der Waals surface area (Å²) in [4.78, 5) is 31.6. The summed E-state index contributed by atoms with van der Waals surface area (Å²) >= 11 is 0. The third kappa shape index (κ3) is 12.5. The summed E-state index contributed by atoms with van der Waals surface area (Å²) in [5, 5.41) is 32.0. The first-order valence-corrected chi connectivity index (χ1v) is 48.8. The van der Waals surface area contributed by atoms with Crippen molar-refractivity contribution in [3.8, 4) is 68.4 Å². The summed E-state index contributed by atoms with van der Waals surface area (Å²) in [6.07, 6.45) is 0. The highest BCUT2D eigenvalue weighted by molar-refractivity contribution is 6.32.